The molecule has 20 heavy (non-hydrogen) atoms. The number of fused-ring (bicyclic) bond motifs is 1. The number of rotatable bonds is 5. The van der Waals surface area contributed by atoms with Gasteiger partial charge in [-0.25, -0.2) is 0 Å². The van der Waals surface area contributed by atoms with Crippen molar-refractivity contribution in [1.29, 1.82) is 0 Å². The Hall–Kier alpha value is -1.59. The molecule has 0 spiro atoms. The summed E-state index contributed by atoms with van der Waals surface area (Å²) in [4.78, 5) is 11.3. The number of benzene rings is 1. The van der Waals surface area contributed by atoms with Gasteiger partial charge in [-0.3, -0.25) is 4.79 Å². The van der Waals surface area contributed by atoms with Crippen LogP contribution in [0.1, 0.15) is 32.4 Å². The summed E-state index contributed by atoms with van der Waals surface area (Å²) in [6.07, 6.45) is 0. The molecule has 2 rings (SSSR count). The molecule has 0 bridgehead atoms. The van der Waals surface area contributed by atoms with Gasteiger partial charge in [0.15, 0.2) is 6.61 Å². The summed E-state index contributed by atoms with van der Waals surface area (Å²) >= 11 is 0. The van der Waals surface area contributed by atoms with Crippen LogP contribution in [0.5, 0.6) is 5.75 Å². The molecular weight excluding hydrogens is 256 g/mol. The van der Waals surface area contributed by atoms with Gasteiger partial charge in [-0.2, -0.15) is 0 Å². The lowest BCUT2D eigenvalue weighted by atomic mass is 10.0. The number of hydrogen-bond donors (Lipinski definition) is 3. The molecule has 0 aromatic heterocycles. The van der Waals surface area contributed by atoms with Gasteiger partial charge in [0.05, 0.1) is 12.3 Å². The number of hydrogen-bond acceptors (Lipinski definition) is 4. The normalized spacial score (nSPS) is 17.1. The second-order valence-electron chi connectivity index (χ2n) is 5.51. The topological polar surface area (TPSA) is 70.6 Å². The maximum Gasteiger partial charge on any atom is 0.262 e. The molecule has 1 aromatic rings. The Bertz CT molecular complexity index is 488. The van der Waals surface area contributed by atoms with E-state index in [4.69, 9.17) is 4.74 Å². The van der Waals surface area contributed by atoms with Crippen LogP contribution >= 0.6 is 0 Å². The van der Waals surface area contributed by atoms with Crippen LogP contribution in [0.25, 0.3) is 0 Å². The molecule has 1 unspecified atom stereocenters. The Kier molecular flexibility index (Phi) is 4.62. The van der Waals surface area contributed by atoms with E-state index in [9.17, 15) is 9.90 Å². The van der Waals surface area contributed by atoms with Crippen molar-refractivity contribution < 1.29 is 14.6 Å². The van der Waals surface area contributed by atoms with Gasteiger partial charge in [0.2, 0.25) is 0 Å². The van der Waals surface area contributed by atoms with Gasteiger partial charge in [-0.05, 0) is 30.5 Å². The molecule has 0 radical (unpaired) electrons. The maximum absolute atomic E-state index is 11.3. The van der Waals surface area contributed by atoms with Crippen LogP contribution in [-0.2, 0) is 4.79 Å². The van der Waals surface area contributed by atoms with E-state index in [1.54, 1.807) is 0 Å². The summed E-state index contributed by atoms with van der Waals surface area (Å²) in [5.74, 6) is 0.914. The number of anilines is 1. The molecule has 1 heterocycles. The highest BCUT2D eigenvalue weighted by Crippen LogP contribution is 2.30. The van der Waals surface area contributed by atoms with E-state index >= 15 is 0 Å². The first kappa shape index (κ1) is 14.8. The molecule has 0 aliphatic carbocycles. The zero-order valence-electron chi connectivity index (χ0n) is 12.1. The van der Waals surface area contributed by atoms with Gasteiger partial charge in [-0.1, -0.05) is 19.9 Å². The Labute approximate surface area is 119 Å². The first-order valence-electron chi connectivity index (χ1n) is 6.94. The summed E-state index contributed by atoms with van der Waals surface area (Å²) in [7, 11) is 0. The number of nitrogens with one attached hydrogen (secondary N) is 2. The van der Waals surface area contributed by atoms with Gasteiger partial charge < -0.3 is 20.5 Å². The Morgan fingerprint density at radius 1 is 1.40 bits per heavy atom. The highest BCUT2D eigenvalue weighted by Gasteiger charge is 2.19. The lowest BCUT2D eigenvalue weighted by Gasteiger charge is -2.26. The van der Waals surface area contributed by atoms with Crippen molar-refractivity contribution in [3.05, 3.63) is 23.8 Å². The molecule has 0 saturated heterocycles. The van der Waals surface area contributed by atoms with Gasteiger partial charge in [0, 0.05) is 12.1 Å². The van der Waals surface area contributed by atoms with Crippen molar-refractivity contribution in [2.45, 2.75) is 32.9 Å². The number of ether oxygens (including phenoxy) is 1. The summed E-state index contributed by atoms with van der Waals surface area (Å²) in [6, 6.07) is 5.89. The second kappa shape index (κ2) is 6.24. The molecule has 3 N–H and O–H groups in total. The minimum absolute atomic E-state index is 0.0480. The van der Waals surface area contributed by atoms with Gasteiger partial charge >= 0.3 is 0 Å². The summed E-state index contributed by atoms with van der Waals surface area (Å²) in [5.41, 5.74) is 1.76. The SMILES string of the molecule is CC(N[C@H](CO)C(C)C)c1ccc2c(c1)NC(=O)CO2. The predicted octanol–water partition coefficient (Wildman–Crippen LogP) is 1.69. The molecule has 2 atom stereocenters. The quantitative estimate of drug-likeness (QED) is 0.766. The molecule has 5 heteroatoms. The smallest absolute Gasteiger partial charge is 0.262 e. The molecule has 110 valence electrons. The van der Waals surface area contributed by atoms with Crippen LogP contribution in [0.4, 0.5) is 5.69 Å². The van der Waals surface area contributed by atoms with Crippen molar-refractivity contribution in [2.24, 2.45) is 5.92 Å². The number of aliphatic hydroxyl groups is 1. The van der Waals surface area contributed by atoms with Gasteiger partial charge in [0.25, 0.3) is 5.91 Å². The third kappa shape index (κ3) is 3.29. The fraction of sp³-hybridized carbons (Fsp3) is 0.533. The Morgan fingerprint density at radius 3 is 2.80 bits per heavy atom. The lowest BCUT2D eigenvalue weighted by Crippen LogP contribution is -2.38. The standard InChI is InChI=1S/C15H22N2O3/c1-9(2)13(7-18)16-10(3)11-4-5-14-12(6-11)17-15(19)8-20-14/h4-6,9-10,13,16,18H,7-8H2,1-3H3,(H,17,19)/t10?,13-/m1/s1. The van der Waals surface area contributed by atoms with Crippen LogP contribution in [0.15, 0.2) is 18.2 Å². The first-order chi connectivity index (χ1) is 9.51. The monoisotopic (exact) mass is 278 g/mol. The number of carbonyl (C=O) groups is 1. The largest absolute Gasteiger partial charge is 0.482 e. The van der Waals surface area contributed by atoms with Crippen molar-refractivity contribution in [1.82, 2.24) is 5.32 Å². The van der Waals surface area contributed by atoms with Crippen molar-refractivity contribution in [2.75, 3.05) is 18.5 Å². The van der Waals surface area contributed by atoms with Crippen LogP contribution < -0.4 is 15.4 Å². The highest BCUT2D eigenvalue weighted by atomic mass is 16.5. The molecule has 0 saturated carbocycles. The Balaban J connectivity index is 2.12. The molecule has 1 amide bonds. The van der Waals surface area contributed by atoms with Crippen molar-refractivity contribution in [3.8, 4) is 5.75 Å². The predicted molar refractivity (Wildman–Crippen MR) is 77.8 cm³/mol. The fourth-order valence-corrected chi connectivity index (χ4v) is 2.24. The number of aliphatic hydroxyl groups excluding tert-OH is 1. The first-order valence-corrected chi connectivity index (χ1v) is 6.94. The Morgan fingerprint density at radius 2 is 2.15 bits per heavy atom. The average Bonchev–Trinajstić information content (AvgIpc) is 2.43. The van der Waals surface area contributed by atoms with E-state index in [0.29, 0.717) is 17.4 Å². The third-order valence-electron chi connectivity index (χ3n) is 3.60. The number of carbonyl (C=O) groups excluding carboxylic acids is 1. The average molecular weight is 278 g/mol. The van der Waals surface area contributed by atoms with Gasteiger partial charge in [0.1, 0.15) is 5.75 Å². The highest BCUT2D eigenvalue weighted by molar-refractivity contribution is 5.95. The molecule has 1 aromatic carbocycles. The van der Waals surface area contributed by atoms with Crippen molar-refractivity contribution in [3.63, 3.8) is 0 Å². The molecule has 1 aliphatic heterocycles. The summed E-state index contributed by atoms with van der Waals surface area (Å²) < 4.78 is 5.34. The zero-order chi connectivity index (χ0) is 14.7. The summed E-state index contributed by atoms with van der Waals surface area (Å²) in [6.45, 7) is 6.36. The van der Waals surface area contributed by atoms with E-state index in [2.05, 4.69) is 24.5 Å². The molecule has 5 nitrogen and oxygen atoms in total. The molecular formula is C15H22N2O3. The third-order valence-corrected chi connectivity index (χ3v) is 3.60. The van der Waals surface area contributed by atoms with E-state index in [-0.39, 0.29) is 31.2 Å². The maximum atomic E-state index is 11.3. The van der Waals surface area contributed by atoms with Crippen LogP contribution in [0.3, 0.4) is 0 Å². The van der Waals surface area contributed by atoms with E-state index in [0.717, 1.165) is 5.56 Å². The summed E-state index contributed by atoms with van der Waals surface area (Å²) in [5, 5.41) is 15.6. The second-order valence-corrected chi connectivity index (χ2v) is 5.51. The van der Waals surface area contributed by atoms with E-state index < -0.39 is 0 Å². The molecule has 1 aliphatic rings. The lowest BCUT2D eigenvalue weighted by molar-refractivity contribution is -0.118. The molecule has 0 fully saturated rings. The van der Waals surface area contributed by atoms with Gasteiger partial charge in [-0.15, -0.1) is 0 Å². The minimum Gasteiger partial charge on any atom is -0.482 e. The fourth-order valence-electron chi connectivity index (χ4n) is 2.24. The van der Waals surface area contributed by atoms with Crippen molar-refractivity contribution >= 4 is 11.6 Å². The van der Waals surface area contributed by atoms with Crippen LogP contribution in [0, 0.1) is 5.92 Å². The van der Waals surface area contributed by atoms with Crippen LogP contribution in [-0.4, -0.2) is 30.3 Å². The number of amides is 1. The van der Waals surface area contributed by atoms with Crippen LogP contribution in [0.2, 0.25) is 0 Å². The van der Waals surface area contributed by atoms with E-state index in [1.807, 2.05) is 25.1 Å². The zero-order valence-corrected chi connectivity index (χ0v) is 12.1. The minimum atomic E-state index is -0.134. The van der Waals surface area contributed by atoms with E-state index in [1.165, 1.54) is 0 Å².